The fraction of sp³-hybridized carbons (Fsp3) is 1.00. The molecule has 1 N–H and O–H groups in total. The monoisotopic (exact) mass is 223 g/mol. The molecule has 0 aromatic rings. The van der Waals surface area contributed by atoms with Crippen LogP contribution in [0.15, 0.2) is 0 Å². The molecule has 2 aliphatic carbocycles. The van der Waals surface area contributed by atoms with Crippen molar-refractivity contribution in [1.82, 2.24) is 5.32 Å². The third-order valence-corrected chi connectivity index (χ3v) is 5.01. The highest BCUT2D eigenvalue weighted by Gasteiger charge is 2.41. The first-order valence-corrected chi connectivity index (χ1v) is 7.06. The molecule has 0 aromatic carbocycles. The van der Waals surface area contributed by atoms with Gasteiger partial charge in [0.1, 0.15) is 0 Å². The van der Waals surface area contributed by atoms with E-state index < -0.39 is 0 Å². The first-order chi connectivity index (χ1) is 7.30. The van der Waals surface area contributed by atoms with Crippen molar-refractivity contribution in [2.75, 3.05) is 0 Å². The van der Waals surface area contributed by atoms with Gasteiger partial charge in [-0.25, -0.2) is 0 Å². The van der Waals surface area contributed by atoms with Crippen molar-refractivity contribution in [3.63, 3.8) is 0 Å². The van der Waals surface area contributed by atoms with Crippen LogP contribution in [0.4, 0.5) is 0 Å². The molecule has 0 aliphatic heterocycles. The van der Waals surface area contributed by atoms with E-state index in [9.17, 15) is 0 Å². The number of hydrogen-bond donors (Lipinski definition) is 1. The van der Waals surface area contributed by atoms with E-state index in [0.29, 0.717) is 10.8 Å². The van der Waals surface area contributed by atoms with E-state index in [1.807, 2.05) is 0 Å². The van der Waals surface area contributed by atoms with Gasteiger partial charge in [-0.3, -0.25) is 0 Å². The Morgan fingerprint density at radius 3 is 2.19 bits per heavy atom. The van der Waals surface area contributed by atoms with Crippen LogP contribution in [-0.2, 0) is 0 Å². The Balaban J connectivity index is 1.95. The summed E-state index contributed by atoms with van der Waals surface area (Å²) in [6.45, 7) is 12.1. The van der Waals surface area contributed by atoms with Gasteiger partial charge in [0.15, 0.2) is 0 Å². The molecule has 2 aliphatic rings. The lowest BCUT2D eigenvalue weighted by atomic mass is 9.86. The molecule has 0 radical (unpaired) electrons. The van der Waals surface area contributed by atoms with Crippen LogP contribution in [0.25, 0.3) is 0 Å². The molecule has 3 unspecified atom stereocenters. The minimum atomic E-state index is 0.520. The van der Waals surface area contributed by atoms with E-state index in [2.05, 4.69) is 39.9 Å². The lowest BCUT2D eigenvalue weighted by Crippen LogP contribution is -2.45. The van der Waals surface area contributed by atoms with Gasteiger partial charge >= 0.3 is 0 Å². The summed E-state index contributed by atoms with van der Waals surface area (Å²) in [4.78, 5) is 0. The van der Waals surface area contributed by atoms with Crippen molar-refractivity contribution in [2.24, 2.45) is 16.7 Å². The maximum atomic E-state index is 3.97. The van der Waals surface area contributed by atoms with Crippen molar-refractivity contribution in [3.8, 4) is 0 Å². The minimum absolute atomic E-state index is 0.520. The third kappa shape index (κ3) is 2.45. The van der Waals surface area contributed by atoms with Crippen LogP contribution in [0.1, 0.15) is 66.7 Å². The van der Waals surface area contributed by atoms with E-state index in [1.54, 1.807) is 0 Å². The van der Waals surface area contributed by atoms with Crippen molar-refractivity contribution in [1.29, 1.82) is 0 Å². The highest BCUT2D eigenvalue weighted by atomic mass is 15.0. The standard InChI is InChI=1S/C15H29N/c1-11-9-14(2,3)10-12(11)16-13-7-6-8-15(13,4)5/h11-13,16H,6-10H2,1-5H3. The van der Waals surface area contributed by atoms with Crippen LogP contribution in [0.5, 0.6) is 0 Å². The number of hydrogen-bond acceptors (Lipinski definition) is 1. The van der Waals surface area contributed by atoms with E-state index in [4.69, 9.17) is 0 Å². The molecule has 2 saturated carbocycles. The summed E-state index contributed by atoms with van der Waals surface area (Å²) < 4.78 is 0. The Kier molecular flexibility index (Phi) is 3.11. The molecule has 0 amide bonds. The third-order valence-electron chi connectivity index (χ3n) is 5.01. The maximum Gasteiger partial charge on any atom is 0.0121 e. The van der Waals surface area contributed by atoms with Crippen molar-refractivity contribution >= 4 is 0 Å². The molecule has 3 atom stereocenters. The second kappa shape index (κ2) is 4.01. The second-order valence-electron chi connectivity index (χ2n) is 7.76. The smallest absolute Gasteiger partial charge is 0.0121 e. The van der Waals surface area contributed by atoms with Gasteiger partial charge in [-0.05, 0) is 42.4 Å². The van der Waals surface area contributed by atoms with Crippen LogP contribution in [-0.4, -0.2) is 12.1 Å². The summed E-state index contributed by atoms with van der Waals surface area (Å²) >= 11 is 0. The van der Waals surface area contributed by atoms with E-state index in [-0.39, 0.29) is 0 Å². The largest absolute Gasteiger partial charge is 0.310 e. The molecule has 2 fully saturated rings. The average molecular weight is 223 g/mol. The Labute approximate surface area is 101 Å². The number of nitrogens with one attached hydrogen (secondary N) is 1. The van der Waals surface area contributed by atoms with Crippen LogP contribution < -0.4 is 5.32 Å². The second-order valence-corrected chi connectivity index (χ2v) is 7.76. The van der Waals surface area contributed by atoms with Gasteiger partial charge in [0.25, 0.3) is 0 Å². The fourth-order valence-corrected chi connectivity index (χ4v) is 4.01. The molecular weight excluding hydrogens is 194 g/mol. The van der Waals surface area contributed by atoms with Gasteiger partial charge in [-0.2, -0.15) is 0 Å². The van der Waals surface area contributed by atoms with Crippen LogP contribution in [0, 0.1) is 16.7 Å². The molecule has 0 aromatic heterocycles. The molecule has 0 heterocycles. The van der Waals surface area contributed by atoms with Gasteiger partial charge in [0, 0.05) is 12.1 Å². The lowest BCUT2D eigenvalue weighted by molar-refractivity contribution is 0.243. The summed E-state index contributed by atoms with van der Waals surface area (Å²) in [6, 6.07) is 1.52. The van der Waals surface area contributed by atoms with Crippen molar-refractivity contribution < 1.29 is 0 Å². The minimum Gasteiger partial charge on any atom is -0.310 e. The normalized spacial score (nSPS) is 41.4. The quantitative estimate of drug-likeness (QED) is 0.746. The zero-order valence-electron chi connectivity index (χ0n) is 11.8. The van der Waals surface area contributed by atoms with Gasteiger partial charge in [-0.15, -0.1) is 0 Å². The summed E-state index contributed by atoms with van der Waals surface area (Å²) in [5.74, 6) is 0.853. The van der Waals surface area contributed by atoms with E-state index in [1.165, 1.54) is 32.1 Å². The van der Waals surface area contributed by atoms with Gasteiger partial charge in [0.05, 0.1) is 0 Å². The molecule has 16 heavy (non-hydrogen) atoms. The number of rotatable bonds is 2. The summed E-state index contributed by atoms with van der Waals surface area (Å²) in [5.41, 5.74) is 1.08. The molecular formula is C15H29N. The highest BCUT2D eigenvalue weighted by molar-refractivity contribution is 4.97. The summed E-state index contributed by atoms with van der Waals surface area (Å²) in [5, 5.41) is 3.97. The van der Waals surface area contributed by atoms with E-state index >= 15 is 0 Å². The molecule has 0 saturated heterocycles. The zero-order chi connectivity index (χ0) is 12.0. The molecule has 94 valence electrons. The Morgan fingerprint density at radius 2 is 1.75 bits per heavy atom. The predicted octanol–water partition coefficient (Wildman–Crippen LogP) is 3.98. The molecule has 1 nitrogen and oxygen atoms in total. The summed E-state index contributed by atoms with van der Waals surface area (Å²) in [7, 11) is 0. The zero-order valence-corrected chi connectivity index (χ0v) is 11.8. The predicted molar refractivity (Wildman–Crippen MR) is 70.5 cm³/mol. The van der Waals surface area contributed by atoms with Crippen LogP contribution in [0.2, 0.25) is 0 Å². The molecule has 0 spiro atoms. The topological polar surface area (TPSA) is 12.0 Å². The first-order valence-electron chi connectivity index (χ1n) is 7.06. The maximum absolute atomic E-state index is 3.97. The van der Waals surface area contributed by atoms with E-state index in [0.717, 1.165) is 18.0 Å². The highest BCUT2D eigenvalue weighted by Crippen LogP contribution is 2.43. The Morgan fingerprint density at radius 1 is 1.06 bits per heavy atom. The molecule has 1 heteroatoms. The molecule has 0 bridgehead atoms. The Bertz CT molecular complexity index is 254. The SMILES string of the molecule is CC1CC(C)(C)CC1NC1CCCC1(C)C. The average Bonchev–Trinajstić information content (AvgIpc) is 2.54. The summed E-state index contributed by atoms with van der Waals surface area (Å²) in [6.07, 6.45) is 6.94. The van der Waals surface area contributed by atoms with Crippen molar-refractivity contribution in [3.05, 3.63) is 0 Å². The Hall–Kier alpha value is -0.0400. The van der Waals surface area contributed by atoms with Gasteiger partial charge in [0.2, 0.25) is 0 Å². The van der Waals surface area contributed by atoms with Crippen LogP contribution in [0.3, 0.4) is 0 Å². The van der Waals surface area contributed by atoms with Crippen LogP contribution >= 0.6 is 0 Å². The lowest BCUT2D eigenvalue weighted by Gasteiger charge is -2.32. The fourth-order valence-electron chi connectivity index (χ4n) is 4.01. The van der Waals surface area contributed by atoms with Gasteiger partial charge in [-0.1, -0.05) is 41.0 Å². The molecule has 2 rings (SSSR count). The first kappa shape index (κ1) is 12.4. The van der Waals surface area contributed by atoms with Gasteiger partial charge < -0.3 is 5.32 Å². The van der Waals surface area contributed by atoms with Crippen molar-refractivity contribution in [2.45, 2.75) is 78.8 Å².